The molecule has 10 heteroatoms. The third kappa shape index (κ3) is 6.17. The molecule has 0 bridgehead atoms. The van der Waals surface area contributed by atoms with Gasteiger partial charge in [-0.1, -0.05) is 41.4 Å². The molecule has 1 amide bonds. The van der Waals surface area contributed by atoms with Gasteiger partial charge < -0.3 is 10.1 Å². The van der Waals surface area contributed by atoms with Gasteiger partial charge in [-0.25, -0.2) is 0 Å². The predicted octanol–water partition coefficient (Wildman–Crippen LogP) is 5.92. The first-order valence-corrected chi connectivity index (χ1v) is 10.5. The van der Waals surface area contributed by atoms with E-state index >= 15 is 0 Å². The molecule has 170 valence electrons. The fourth-order valence-corrected chi connectivity index (χ4v) is 3.40. The van der Waals surface area contributed by atoms with E-state index in [0.717, 1.165) is 5.56 Å². The Hall–Kier alpha value is -2.71. The van der Waals surface area contributed by atoms with Crippen LogP contribution in [-0.2, 0) is 19.3 Å². The summed E-state index contributed by atoms with van der Waals surface area (Å²) in [6, 6.07) is 14.0. The maximum atomic E-state index is 12.9. The summed E-state index contributed by atoms with van der Waals surface area (Å²) < 4.78 is 45.6. The first-order chi connectivity index (χ1) is 15.1. The van der Waals surface area contributed by atoms with E-state index in [4.69, 9.17) is 27.9 Å². The monoisotopic (exact) mass is 485 g/mol. The zero-order chi connectivity index (χ0) is 23.3. The molecule has 0 saturated heterocycles. The molecule has 2 aromatic carbocycles. The number of halogens is 5. The number of ether oxygens (including phenoxy) is 1. The van der Waals surface area contributed by atoms with Gasteiger partial charge in [0.15, 0.2) is 5.69 Å². The van der Waals surface area contributed by atoms with Crippen LogP contribution in [0.4, 0.5) is 13.2 Å². The topological polar surface area (TPSA) is 56.2 Å². The maximum Gasteiger partial charge on any atom is 0.436 e. The Kier molecular flexibility index (Phi) is 7.69. The fraction of sp³-hybridized carbons (Fsp3) is 0.273. The van der Waals surface area contributed by atoms with Crippen molar-refractivity contribution >= 4 is 29.1 Å². The van der Waals surface area contributed by atoms with Gasteiger partial charge in [-0.15, -0.1) is 0 Å². The minimum Gasteiger partial charge on any atom is -0.489 e. The molecule has 0 spiro atoms. The molecule has 0 aliphatic rings. The molecule has 1 N–H and O–H groups in total. The lowest BCUT2D eigenvalue weighted by atomic mass is 10.1. The van der Waals surface area contributed by atoms with E-state index in [1.165, 1.54) is 11.6 Å². The van der Waals surface area contributed by atoms with E-state index in [1.807, 2.05) is 6.07 Å². The number of carbonyl (C=O) groups excluding carboxylic acids is 1. The van der Waals surface area contributed by atoms with Gasteiger partial charge in [0, 0.05) is 23.7 Å². The van der Waals surface area contributed by atoms with Crippen LogP contribution < -0.4 is 10.1 Å². The number of alkyl halides is 3. The van der Waals surface area contributed by atoms with Crippen molar-refractivity contribution in [1.29, 1.82) is 0 Å². The smallest absolute Gasteiger partial charge is 0.436 e. The normalized spacial score (nSPS) is 11.4. The average Bonchev–Trinajstić information content (AvgIpc) is 3.04. The molecular formula is C22H20Cl2F3N3O2. The highest BCUT2D eigenvalue weighted by atomic mass is 35.5. The van der Waals surface area contributed by atoms with Crippen molar-refractivity contribution in [2.24, 2.45) is 0 Å². The molecule has 3 aromatic rings. The summed E-state index contributed by atoms with van der Waals surface area (Å²) >= 11 is 11.7. The number of nitrogens with one attached hydrogen (secondary N) is 1. The molecule has 0 atom stereocenters. The highest BCUT2D eigenvalue weighted by Crippen LogP contribution is 2.35. The summed E-state index contributed by atoms with van der Waals surface area (Å²) in [6.07, 6.45) is -4.22. The minimum atomic E-state index is -4.61. The lowest BCUT2D eigenvalue weighted by Gasteiger charge is -2.09. The minimum absolute atomic E-state index is 0.190. The largest absolute Gasteiger partial charge is 0.489 e. The van der Waals surface area contributed by atoms with Crippen LogP contribution in [0.15, 0.2) is 48.5 Å². The predicted molar refractivity (Wildman–Crippen MR) is 116 cm³/mol. The van der Waals surface area contributed by atoms with Crippen molar-refractivity contribution in [1.82, 2.24) is 15.1 Å². The quantitative estimate of drug-likeness (QED) is 0.403. The van der Waals surface area contributed by atoms with Gasteiger partial charge in [0.25, 0.3) is 5.91 Å². The van der Waals surface area contributed by atoms with Crippen LogP contribution in [-0.4, -0.2) is 22.2 Å². The Labute approximate surface area is 193 Å². The van der Waals surface area contributed by atoms with Crippen molar-refractivity contribution < 1.29 is 22.7 Å². The van der Waals surface area contributed by atoms with Gasteiger partial charge in [0.1, 0.15) is 12.4 Å². The summed E-state index contributed by atoms with van der Waals surface area (Å²) in [5.74, 6) is 0.329. The number of rotatable bonds is 8. The number of aryl methyl sites for hydroxylation is 1. The first kappa shape index (κ1) is 23.9. The number of hydrogen-bond donors (Lipinski definition) is 1. The number of amides is 1. The van der Waals surface area contributed by atoms with Crippen LogP contribution in [0.1, 0.15) is 33.7 Å². The molecule has 0 radical (unpaired) electrons. The van der Waals surface area contributed by atoms with E-state index < -0.39 is 16.9 Å². The summed E-state index contributed by atoms with van der Waals surface area (Å²) in [7, 11) is 0. The maximum absolute atomic E-state index is 12.9. The zero-order valence-electron chi connectivity index (χ0n) is 17.0. The first-order valence-electron chi connectivity index (χ1n) is 9.71. The van der Waals surface area contributed by atoms with Crippen LogP contribution in [0.3, 0.4) is 0 Å². The lowest BCUT2D eigenvalue weighted by molar-refractivity contribution is -0.141. The fourth-order valence-electron chi connectivity index (χ4n) is 2.98. The Morgan fingerprint density at radius 2 is 1.91 bits per heavy atom. The van der Waals surface area contributed by atoms with Gasteiger partial charge in [-0.3, -0.25) is 9.48 Å². The average molecular weight is 486 g/mol. The van der Waals surface area contributed by atoms with Gasteiger partial charge >= 0.3 is 6.18 Å². The molecule has 0 fully saturated rings. The van der Waals surface area contributed by atoms with Gasteiger partial charge in [-0.2, -0.15) is 18.3 Å². The second kappa shape index (κ2) is 10.3. The van der Waals surface area contributed by atoms with Crippen LogP contribution in [0.25, 0.3) is 0 Å². The van der Waals surface area contributed by atoms with Gasteiger partial charge in [0.05, 0.1) is 10.7 Å². The molecular weight excluding hydrogens is 466 g/mol. The third-order valence-corrected chi connectivity index (χ3v) is 5.31. The second-order valence-corrected chi connectivity index (χ2v) is 7.84. The number of hydrogen-bond acceptors (Lipinski definition) is 3. The summed E-state index contributed by atoms with van der Waals surface area (Å²) in [4.78, 5) is 12.4. The Morgan fingerprint density at radius 3 is 2.59 bits per heavy atom. The van der Waals surface area contributed by atoms with Crippen molar-refractivity contribution in [3.8, 4) is 5.75 Å². The molecule has 0 unspecified atom stereocenters. The third-order valence-electron chi connectivity index (χ3n) is 4.62. The second-order valence-electron chi connectivity index (χ2n) is 7.02. The summed E-state index contributed by atoms with van der Waals surface area (Å²) in [6.45, 7) is 2.19. The van der Waals surface area contributed by atoms with E-state index in [2.05, 4.69) is 10.4 Å². The Morgan fingerprint density at radius 1 is 1.16 bits per heavy atom. The molecule has 3 rings (SSSR count). The summed E-state index contributed by atoms with van der Waals surface area (Å²) in [5, 5.41) is 6.46. The van der Waals surface area contributed by atoms with E-state index in [1.54, 1.807) is 42.5 Å². The molecule has 0 aliphatic heterocycles. The number of nitrogens with zero attached hydrogens (tertiary/aromatic N) is 2. The van der Waals surface area contributed by atoms with Crippen molar-refractivity contribution in [2.75, 3.05) is 6.54 Å². The molecule has 0 saturated carbocycles. The number of carbonyl (C=O) groups is 1. The molecule has 32 heavy (non-hydrogen) atoms. The lowest BCUT2D eigenvalue weighted by Crippen LogP contribution is -2.25. The van der Waals surface area contributed by atoms with Crippen LogP contribution in [0.5, 0.6) is 5.75 Å². The Balaban J connectivity index is 1.51. The standard InChI is InChI=1S/C22H20Cl2F3N3O2/c1-14-19(24)20(22(25,26)27)29-30(14)10-4-9-28-21(31)16-6-2-5-15(11-16)13-32-18-8-3-7-17(23)12-18/h2-3,5-8,11-12H,4,9-10,13H2,1H3,(H,28,31). The van der Waals surface area contributed by atoms with Gasteiger partial charge in [0.2, 0.25) is 0 Å². The number of aromatic nitrogens is 2. The van der Waals surface area contributed by atoms with Gasteiger partial charge in [-0.05, 0) is 49.2 Å². The highest BCUT2D eigenvalue weighted by Gasteiger charge is 2.38. The molecule has 5 nitrogen and oxygen atoms in total. The molecule has 1 heterocycles. The van der Waals surface area contributed by atoms with Crippen molar-refractivity contribution in [3.63, 3.8) is 0 Å². The molecule has 0 aliphatic carbocycles. The molecule has 1 aromatic heterocycles. The van der Waals surface area contributed by atoms with Crippen LogP contribution >= 0.6 is 23.2 Å². The van der Waals surface area contributed by atoms with E-state index in [0.29, 0.717) is 22.8 Å². The number of benzene rings is 2. The van der Waals surface area contributed by atoms with Crippen LogP contribution in [0, 0.1) is 6.92 Å². The van der Waals surface area contributed by atoms with E-state index in [-0.39, 0.29) is 31.3 Å². The van der Waals surface area contributed by atoms with Crippen LogP contribution in [0.2, 0.25) is 10.0 Å². The summed E-state index contributed by atoms with van der Waals surface area (Å²) in [5.41, 5.74) is 0.393. The van der Waals surface area contributed by atoms with Crippen molar-refractivity contribution in [2.45, 2.75) is 32.7 Å². The van der Waals surface area contributed by atoms with Crippen molar-refractivity contribution in [3.05, 3.63) is 81.1 Å². The SMILES string of the molecule is Cc1c(Cl)c(C(F)(F)F)nn1CCCNC(=O)c1cccc(COc2cccc(Cl)c2)c1. The zero-order valence-corrected chi connectivity index (χ0v) is 18.6. The highest BCUT2D eigenvalue weighted by molar-refractivity contribution is 6.32. The Bertz CT molecular complexity index is 1100. The van der Waals surface area contributed by atoms with E-state index in [9.17, 15) is 18.0 Å².